The standard InChI is InChI=1S/C25H20N4O2S/c1-16-12-13-21(31-2)22-23(16)32-25(28-22)29(15-17-8-4-3-5-9-17)24(30)20-14-26-18-10-6-7-11-19(18)27-20/h3-14H,15H2,1-2H3. The van der Waals surface area contributed by atoms with E-state index in [0.29, 0.717) is 22.9 Å². The number of para-hydroxylation sites is 2. The lowest BCUT2D eigenvalue weighted by molar-refractivity contribution is 0.0980. The molecule has 5 rings (SSSR count). The summed E-state index contributed by atoms with van der Waals surface area (Å²) in [5, 5.41) is 0.594. The number of hydrogen-bond acceptors (Lipinski definition) is 6. The average molecular weight is 441 g/mol. The zero-order valence-corrected chi connectivity index (χ0v) is 18.5. The number of ether oxygens (including phenoxy) is 1. The molecule has 0 saturated carbocycles. The van der Waals surface area contributed by atoms with Crippen LogP contribution in [-0.4, -0.2) is 28.0 Å². The molecule has 5 aromatic rings. The van der Waals surface area contributed by atoms with Crippen molar-refractivity contribution < 1.29 is 9.53 Å². The summed E-state index contributed by atoms with van der Waals surface area (Å²) >= 11 is 1.47. The van der Waals surface area contributed by atoms with Crippen LogP contribution in [0, 0.1) is 6.92 Å². The van der Waals surface area contributed by atoms with Crippen molar-refractivity contribution in [3.8, 4) is 5.75 Å². The molecule has 0 N–H and O–H groups in total. The quantitative estimate of drug-likeness (QED) is 0.366. The van der Waals surface area contributed by atoms with Gasteiger partial charge in [0.15, 0.2) is 5.13 Å². The van der Waals surface area contributed by atoms with E-state index in [1.54, 1.807) is 12.0 Å². The molecule has 0 spiro atoms. The van der Waals surface area contributed by atoms with Crippen LogP contribution in [0.25, 0.3) is 21.3 Å². The van der Waals surface area contributed by atoms with Crippen molar-refractivity contribution in [3.05, 3.63) is 89.7 Å². The first-order valence-electron chi connectivity index (χ1n) is 10.2. The Morgan fingerprint density at radius 3 is 2.50 bits per heavy atom. The summed E-state index contributed by atoms with van der Waals surface area (Å²) in [6.07, 6.45) is 1.53. The number of methoxy groups -OCH3 is 1. The third-order valence-electron chi connectivity index (χ3n) is 5.24. The van der Waals surface area contributed by atoms with Crippen LogP contribution in [0.15, 0.2) is 72.9 Å². The molecule has 1 amide bonds. The minimum Gasteiger partial charge on any atom is -0.494 e. The lowest BCUT2D eigenvalue weighted by atomic mass is 10.2. The number of carbonyl (C=O) groups excluding carboxylic acids is 1. The predicted octanol–water partition coefficient (Wildman–Crippen LogP) is 5.40. The maximum Gasteiger partial charge on any atom is 0.280 e. The Bertz CT molecular complexity index is 1430. The minimum absolute atomic E-state index is 0.247. The maximum absolute atomic E-state index is 13.7. The summed E-state index contributed by atoms with van der Waals surface area (Å²) in [6.45, 7) is 2.40. The lowest BCUT2D eigenvalue weighted by Crippen LogP contribution is -2.31. The van der Waals surface area contributed by atoms with Crippen LogP contribution in [0.5, 0.6) is 5.75 Å². The number of anilines is 1. The molecule has 158 valence electrons. The fourth-order valence-electron chi connectivity index (χ4n) is 3.57. The second kappa shape index (κ2) is 8.36. The van der Waals surface area contributed by atoms with Gasteiger partial charge in [-0.2, -0.15) is 0 Å². The monoisotopic (exact) mass is 440 g/mol. The molecule has 0 radical (unpaired) electrons. The Balaban J connectivity index is 1.62. The van der Waals surface area contributed by atoms with Crippen LogP contribution in [-0.2, 0) is 6.54 Å². The van der Waals surface area contributed by atoms with Crippen LogP contribution in [0.2, 0.25) is 0 Å². The molecule has 0 fully saturated rings. The van der Waals surface area contributed by atoms with Crippen LogP contribution in [0.3, 0.4) is 0 Å². The van der Waals surface area contributed by atoms with E-state index in [9.17, 15) is 4.79 Å². The maximum atomic E-state index is 13.7. The predicted molar refractivity (Wildman–Crippen MR) is 127 cm³/mol. The third-order valence-corrected chi connectivity index (χ3v) is 6.45. The highest BCUT2D eigenvalue weighted by Gasteiger charge is 2.24. The van der Waals surface area contributed by atoms with E-state index in [2.05, 4.69) is 9.97 Å². The molecule has 0 aliphatic carbocycles. The van der Waals surface area contributed by atoms with Gasteiger partial charge in [-0.25, -0.2) is 9.97 Å². The van der Waals surface area contributed by atoms with Crippen molar-refractivity contribution in [1.82, 2.24) is 15.0 Å². The van der Waals surface area contributed by atoms with E-state index >= 15 is 0 Å². The molecule has 0 unspecified atom stereocenters. The second-order valence-electron chi connectivity index (χ2n) is 7.38. The van der Waals surface area contributed by atoms with Gasteiger partial charge in [0.2, 0.25) is 0 Å². The summed E-state index contributed by atoms with van der Waals surface area (Å²) in [5.41, 5.74) is 4.55. The molecular weight excluding hydrogens is 420 g/mol. The van der Waals surface area contributed by atoms with Gasteiger partial charge in [0, 0.05) is 0 Å². The van der Waals surface area contributed by atoms with Gasteiger partial charge in [0.05, 0.1) is 35.6 Å². The molecule has 2 heterocycles. The normalized spacial score (nSPS) is 11.1. The first-order chi connectivity index (χ1) is 15.6. The zero-order valence-electron chi connectivity index (χ0n) is 17.6. The number of rotatable bonds is 5. The number of amides is 1. The van der Waals surface area contributed by atoms with Crippen molar-refractivity contribution >= 4 is 43.6 Å². The fourth-order valence-corrected chi connectivity index (χ4v) is 4.62. The number of benzene rings is 3. The van der Waals surface area contributed by atoms with Gasteiger partial charge in [-0.15, -0.1) is 0 Å². The zero-order chi connectivity index (χ0) is 22.1. The lowest BCUT2D eigenvalue weighted by Gasteiger charge is -2.19. The Labute approximate surface area is 189 Å². The van der Waals surface area contributed by atoms with Crippen LogP contribution in [0.1, 0.15) is 21.6 Å². The van der Waals surface area contributed by atoms with Crippen LogP contribution < -0.4 is 9.64 Å². The fraction of sp³-hybridized carbons (Fsp3) is 0.120. The van der Waals surface area contributed by atoms with Gasteiger partial charge in [-0.3, -0.25) is 14.7 Å². The molecule has 7 heteroatoms. The van der Waals surface area contributed by atoms with E-state index in [1.807, 2.05) is 73.7 Å². The topological polar surface area (TPSA) is 68.2 Å². The molecule has 0 atom stereocenters. The number of aryl methyl sites for hydroxylation is 1. The third kappa shape index (κ3) is 3.67. The Kier molecular flexibility index (Phi) is 5.25. The number of hydrogen-bond donors (Lipinski definition) is 0. The smallest absolute Gasteiger partial charge is 0.280 e. The summed E-state index contributed by atoms with van der Waals surface area (Å²) < 4.78 is 6.50. The van der Waals surface area contributed by atoms with Gasteiger partial charge in [-0.05, 0) is 36.2 Å². The van der Waals surface area contributed by atoms with E-state index in [4.69, 9.17) is 9.72 Å². The highest BCUT2D eigenvalue weighted by molar-refractivity contribution is 7.22. The Hall–Kier alpha value is -3.84. The van der Waals surface area contributed by atoms with E-state index in [-0.39, 0.29) is 11.6 Å². The van der Waals surface area contributed by atoms with Crippen LogP contribution >= 0.6 is 11.3 Å². The molecule has 3 aromatic carbocycles. The van der Waals surface area contributed by atoms with Crippen molar-refractivity contribution in [1.29, 1.82) is 0 Å². The van der Waals surface area contributed by atoms with Gasteiger partial charge in [0.25, 0.3) is 5.91 Å². The second-order valence-corrected chi connectivity index (χ2v) is 8.36. The van der Waals surface area contributed by atoms with Crippen molar-refractivity contribution in [2.45, 2.75) is 13.5 Å². The van der Waals surface area contributed by atoms with Gasteiger partial charge in [0.1, 0.15) is 17.0 Å². The molecule has 0 bridgehead atoms. The van der Waals surface area contributed by atoms with Gasteiger partial charge < -0.3 is 4.74 Å². The summed E-state index contributed by atoms with van der Waals surface area (Å²) in [5.74, 6) is 0.438. The Morgan fingerprint density at radius 1 is 0.969 bits per heavy atom. The van der Waals surface area contributed by atoms with E-state index in [1.165, 1.54) is 17.5 Å². The molecule has 0 aliphatic rings. The van der Waals surface area contributed by atoms with Crippen molar-refractivity contribution in [3.63, 3.8) is 0 Å². The Morgan fingerprint density at radius 2 is 1.72 bits per heavy atom. The van der Waals surface area contributed by atoms with E-state index < -0.39 is 0 Å². The minimum atomic E-state index is -0.247. The van der Waals surface area contributed by atoms with E-state index in [0.717, 1.165) is 26.9 Å². The molecule has 6 nitrogen and oxygen atoms in total. The number of fused-ring (bicyclic) bond motifs is 2. The first-order valence-corrected chi connectivity index (χ1v) is 11.0. The molecule has 0 saturated heterocycles. The van der Waals surface area contributed by atoms with Crippen LogP contribution in [0.4, 0.5) is 5.13 Å². The summed E-state index contributed by atoms with van der Waals surface area (Å²) in [4.78, 5) is 29.1. The number of nitrogens with zero attached hydrogens (tertiary/aromatic N) is 4. The highest BCUT2D eigenvalue weighted by Crippen LogP contribution is 2.37. The summed E-state index contributed by atoms with van der Waals surface area (Å²) in [7, 11) is 1.63. The number of aromatic nitrogens is 3. The molecule has 32 heavy (non-hydrogen) atoms. The molecule has 0 aliphatic heterocycles. The molecule has 2 aromatic heterocycles. The summed E-state index contributed by atoms with van der Waals surface area (Å²) in [6, 6.07) is 21.3. The molecular formula is C25H20N4O2S. The number of carbonyl (C=O) groups is 1. The SMILES string of the molecule is COc1ccc(C)c2sc(N(Cc3ccccc3)C(=O)c3cnc4ccccc4n3)nc12. The number of thiazole rings is 1. The average Bonchev–Trinajstić information content (AvgIpc) is 3.29. The highest BCUT2D eigenvalue weighted by atomic mass is 32.1. The van der Waals surface area contributed by atoms with Crippen molar-refractivity contribution in [2.75, 3.05) is 12.0 Å². The van der Waals surface area contributed by atoms with Gasteiger partial charge >= 0.3 is 0 Å². The van der Waals surface area contributed by atoms with Crippen molar-refractivity contribution in [2.24, 2.45) is 0 Å². The van der Waals surface area contributed by atoms with Gasteiger partial charge in [-0.1, -0.05) is 59.9 Å². The first kappa shape index (κ1) is 20.1. The largest absolute Gasteiger partial charge is 0.494 e.